The molecule has 1 fully saturated rings. The van der Waals surface area contributed by atoms with Gasteiger partial charge in [0.25, 0.3) is 11.1 Å². The van der Waals surface area contributed by atoms with Crippen LogP contribution < -0.4 is 0 Å². The largest absolute Gasteiger partial charge is 0.464 e. The minimum Gasteiger partial charge on any atom is -0.464 e. The monoisotopic (exact) mass is 448 g/mol. The van der Waals surface area contributed by atoms with Crippen molar-refractivity contribution in [3.8, 4) is 0 Å². The van der Waals surface area contributed by atoms with Crippen LogP contribution in [0.3, 0.4) is 0 Å². The number of aromatic nitrogens is 1. The predicted octanol–water partition coefficient (Wildman–Crippen LogP) is 4.99. The quantitative estimate of drug-likeness (QED) is 0.393. The summed E-state index contributed by atoms with van der Waals surface area (Å²) in [6, 6.07) is 15.3. The Bertz CT molecular complexity index is 1240. The van der Waals surface area contributed by atoms with Crippen LogP contribution in [0.1, 0.15) is 30.5 Å². The number of imide groups is 1. The first-order valence-corrected chi connectivity index (χ1v) is 11.3. The van der Waals surface area contributed by atoms with Gasteiger partial charge in [0.1, 0.15) is 6.04 Å². The van der Waals surface area contributed by atoms with E-state index in [1.165, 1.54) is 18.1 Å². The van der Waals surface area contributed by atoms with E-state index in [1.807, 2.05) is 36.5 Å². The van der Waals surface area contributed by atoms with E-state index in [9.17, 15) is 14.4 Å². The van der Waals surface area contributed by atoms with Crippen molar-refractivity contribution < 1.29 is 19.1 Å². The molecule has 4 rings (SSSR count). The minimum atomic E-state index is -0.962. The fraction of sp³-hybridized carbons (Fsp3) is 0.240. The number of hydrogen-bond donors (Lipinski definition) is 0. The minimum absolute atomic E-state index is 0.190. The smallest absolute Gasteiger partial charge is 0.329 e. The number of thioether (sulfide) groups is 1. The highest BCUT2D eigenvalue weighted by atomic mass is 32.2. The van der Waals surface area contributed by atoms with Gasteiger partial charge in [0.2, 0.25) is 0 Å². The van der Waals surface area contributed by atoms with E-state index in [2.05, 4.69) is 29.7 Å². The number of benzene rings is 2. The molecule has 0 saturated carbocycles. The van der Waals surface area contributed by atoms with E-state index >= 15 is 0 Å². The van der Waals surface area contributed by atoms with Gasteiger partial charge in [-0.1, -0.05) is 48.0 Å². The van der Waals surface area contributed by atoms with Crippen molar-refractivity contribution in [3.63, 3.8) is 0 Å². The molecule has 7 heteroatoms. The molecule has 3 aromatic rings. The van der Waals surface area contributed by atoms with E-state index in [0.717, 1.165) is 33.1 Å². The molecule has 0 unspecified atom stereocenters. The molecular formula is C25H24N2O4S. The molecule has 0 spiro atoms. The Kier molecular flexibility index (Phi) is 6.19. The Hall–Kier alpha value is -3.32. The van der Waals surface area contributed by atoms with Gasteiger partial charge in [-0.25, -0.2) is 4.79 Å². The number of nitrogens with zero attached hydrogens (tertiary/aromatic N) is 2. The number of hydrogen-bond acceptors (Lipinski definition) is 5. The number of ether oxygens (including phenoxy) is 1. The predicted molar refractivity (Wildman–Crippen MR) is 126 cm³/mol. The molecular weight excluding hydrogens is 424 g/mol. The van der Waals surface area contributed by atoms with Crippen LogP contribution in [0, 0.1) is 6.92 Å². The fourth-order valence-electron chi connectivity index (χ4n) is 3.85. The van der Waals surface area contributed by atoms with Gasteiger partial charge < -0.3 is 9.30 Å². The number of rotatable bonds is 6. The number of carbonyl (C=O) groups is 3. The molecule has 164 valence electrons. The van der Waals surface area contributed by atoms with Crippen LogP contribution in [-0.4, -0.2) is 39.2 Å². The normalized spacial score (nSPS) is 16.2. The molecule has 2 amide bonds. The maximum Gasteiger partial charge on any atom is 0.329 e. The van der Waals surface area contributed by atoms with Crippen molar-refractivity contribution in [1.29, 1.82) is 0 Å². The summed E-state index contributed by atoms with van der Waals surface area (Å²) in [5.74, 6) is -1.07. The van der Waals surface area contributed by atoms with Crippen molar-refractivity contribution >= 4 is 45.9 Å². The van der Waals surface area contributed by atoms with Crippen LogP contribution in [0.2, 0.25) is 0 Å². The van der Waals surface area contributed by atoms with E-state index < -0.39 is 23.2 Å². The van der Waals surface area contributed by atoms with Gasteiger partial charge in [-0.15, -0.1) is 0 Å². The van der Waals surface area contributed by atoms with Crippen molar-refractivity contribution in [3.05, 3.63) is 76.3 Å². The molecule has 2 aromatic carbocycles. The molecule has 0 radical (unpaired) electrons. The lowest BCUT2D eigenvalue weighted by Gasteiger charge is -2.19. The molecule has 2 heterocycles. The topological polar surface area (TPSA) is 68.6 Å². The third-order valence-electron chi connectivity index (χ3n) is 5.38. The highest BCUT2D eigenvalue weighted by molar-refractivity contribution is 8.18. The van der Waals surface area contributed by atoms with Gasteiger partial charge in [-0.3, -0.25) is 14.5 Å². The summed E-state index contributed by atoms with van der Waals surface area (Å²) in [6.07, 6.45) is 3.73. The zero-order valence-electron chi connectivity index (χ0n) is 18.2. The first kappa shape index (κ1) is 21.9. The highest BCUT2D eigenvalue weighted by Crippen LogP contribution is 2.35. The van der Waals surface area contributed by atoms with Crippen LogP contribution in [0.5, 0.6) is 0 Å². The maximum atomic E-state index is 12.9. The SMILES string of the molecule is CCOC(=O)[C@H](C)N1C(=O)S/C(=C/c2cn(Cc3cccc(C)c3)c3ccccc23)C1=O. The Morgan fingerprint density at radius 3 is 2.69 bits per heavy atom. The summed E-state index contributed by atoms with van der Waals surface area (Å²) in [7, 11) is 0. The van der Waals surface area contributed by atoms with E-state index in [4.69, 9.17) is 4.74 Å². The number of amides is 2. The lowest BCUT2D eigenvalue weighted by atomic mass is 10.1. The summed E-state index contributed by atoms with van der Waals surface area (Å²) in [4.78, 5) is 38.8. The molecule has 6 nitrogen and oxygen atoms in total. The second-order valence-electron chi connectivity index (χ2n) is 7.70. The Balaban J connectivity index is 1.68. The number of fused-ring (bicyclic) bond motifs is 1. The number of aryl methyl sites for hydroxylation is 1. The molecule has 32 heavy (non-hydrogen) atoms. The van der Waals surface area contributed by atoms with Crippen LogP contribution >= 0.6 is 11.8 Å². The molecule has 0 N–H and O–H groups in total. The summed E-state index contributed by atoms with van der Waals surface area (Å²) in [5, 5.41) is 0.524. The van der Waals surface area contributed by atoms with Gasteiger partial charge in [-0.05, 0) is 50.2 Å². The molecule has 1 saturated heterocycles. The molecule has 0 bridgehead atoms. The molecule has 1 aliphatic heterocycles. The van der Waals surface area contributed by atoms with Crippen LogP contribution in [0.15, 0.2) is 59.6 Å². The molecule has 1 aliphatic rings. The lowest BCUT2D eigenvalue weighted by Crippen LogP contribution is -2.42. The van der Waals surface area contributed by atoms with Crippen molar-refractivity contribution in [2.24, 2.45) is 0 Å². The van der Waals surface area contributed by atoms with E-state index in [1.54, 1.807) is 13.0 Å². The molecule has 0 aliphatic carbocycles. The zero-order valence-corrected chi connectivity index (χ0v) is 19.0. The average molecular weight is 449 g/mol. The second-order valence-corrected chi connectivity index (χ2v) is 8.69. The molecule has 1 aromatic heterocycles. The lowest BCUT2D eigenvalue weighted by molar-refractivity contribution is -0.150. The van der Waals surface area contributed by atoms with E-state index in [-0.39, 0.29) is 6.61 Å². The van der Waals surface area contributed by atoms with Crippen LogP contribution in [0.4, 0.5) is 4.79 Å². The summed E-state index contributed by atoms with van der Waals surface area (Å²) in [5.41, 5.74) is 4.27. The number of esters is 1. The van der Waals surface area contributed by atoms with Crippen LogP contribution in [0.25, 0.3) is 17.0 Å². The van der Waals surface area contributed by atoms with Gasteiger partial charge in [0, 0.05) is 29.2 Å². The van der Waals surface area contributed by atoms with Gasteiger partial charge in [0.15, 0.2) is 0 Å². The maximum absolute atomic E-state index is 12.9. The van der Waals surface area contributed by atoms with Crippen molar-refractivity contribution in [2.45, 2.75) is 33.4 Å². The standard InChI is InChI=1S/C25H24N2O4S/c1-4-31-24(29)17(3)27-23(28)22(32-25(27)30)13-19-15-26(21-11-6-5-10-20(19)21)14-18-9-7-8-16(2)12-18/h5-13,15,17H,4,14H2,1-3H3/b22-13+/t17-/m0/s1. The van der Waals surface area contributed by atoms with Gasteiger partial charge in [0.05, 0.1) is 11.5 Å². The number of carbonyl (C=O) groups excluding carboxylic acids is 3. The fourth-order valence-corrected chi connectivity index (χ4v) is 4.75. The Labute approximate surface area is 190 Å². The zero-order chi connectivity index (χ0) is 22.8. The summed E-state index contributed by atoms with van der Waals surface area (Å²) < 4.78 is 7.12. The van der Waals surface area contributed by atoms with E-state index in [0.29, 0.717) is 11.4 Å². The average Bonchev–Trinajstić information content (AvgIpc) is 3.24. The third-order valence-corrected chi connectivity index (χ3v) is 6.26. The van der Waals surface area contributed by atoms with Gasteiger partial charge in [-0.2, -0.15) is 0 Å². The Morgan fingerprint density at radius 2 is 1.94 bits per heavy atom. The van der Waals surface area contributed by atoms with Crippen LogP contribution in [-0.2, 0) is 20.9 Å². The molecule has 1 atom stereocenters. The third kappa shape index (κ3) is 4.21. The summed E-state index contributed by atoms with van der Waals surface area (Å²) >= 11 is 0.846. The van der Waals surface area contributed by atoms with Crippen molar-refractivity contribution in [1.82, 2.24) is 9.47 Å². The Morgan fingerprint density at radius 1 is 1.16 bits per heavy atom. The highest BCUT2D eigenvalue weighted by Gasteiger charge is 2.41. The first-order valence-electron chi connectivity index (χ1n) is 10.5. The summed E-state index contributed by atoms with van der Waals surface area (Å²) in [6.45, 7) is 6.14. The first-order chi connectivity index (χ1) is 15.4. The second kappa shape index (κ2) is 9.04. The van der Waals surface area contributed by atoms with Crippen molar-refractivity contribution in [2.75, 3.05) is 6.61 Å². The van der Waals surface area contributed by atoms with Gasteiger partial charge >= 0.3 is 5.97 Å². The number of para-hydroxylation sites is 1.